The zero-order valence-electron chi connectivity index (χ0n) is 10.1. The maximum absolute atomic E-state index is 11.5. The maximum atomic E-state index is 11.5. The number of carbonyl (C=O) groups is 1. The Morgan fingerprint density at radius 3 is 2.71 bits per heavy atom. The van der Waals surface area contributed by atoms with Crippen LogP contribution in [0.4, 0.5) is 0 Å². The molecule has 1 aromatic carbocycles. The van der Waals surface area contributed by atoms with E-state index in [1.54, 1.807) is 0 Å². The Bertz CT molecular complexity index is 377. The molecule has 3 atom stereocenters. The fourth-order valence-corrected chi connectivity index (χ4v) is 1.99. The van der Waals surface area contributed by atoms with Gasteiger partial charge in [-0.3, -0.25) is 4.79 Å². The van der Waals surface area contributed by atoms with Crippen molar-refractivity contribution in [3.63, 3.8) is 0 Å². The fraction of sp³-hybridized carbons (Fsp3) is 0.500. The Labute approximate surface area is 102 Å². The lowest BCUT2D eigenvalue weighted by Crippen LogP contribution is -2.27. The van der Waals surface area contributed by atoms with Gasteiger partial charge >= 0.3 is 0 Å². The van der Waals surface area contributed by atoms with Gasteiger partial charge in [-0.2, -0.15) is 0 Å². The third-order valence-corrected chi connectivity index (χ3v) is 3.35. The molecule has 17 heavy (non-hydrogen) atoms. The molecule has 0 heterocycles. The molecule has 1 amide bonds. The van der Waals surface area contributed by atoms with Gasteiger partial charge in [-0.05, 0) is 24.3 Å². The summed E-state index contributed by atoms with van der Waals surface area (Å²) in [5.74, 6) is 0.885. The number of hydrogen-bond acceptors (Lipinski definition) is 2. The minimum Gasteiger partial charge on any atom is -0.388 e. The van der Waals surface area contributed by atoms with Gasteiger partial charge in [0.1, 0.15) is 0 Å². The Balaban J connectivity index is 1.70. The molecular formula is C14H19NO2. The molecular weight excluding hydrogens is 214 g/mol. The monoisotopic (exact) mass is 233 g/mol. The van der Waals surface area contributed by atoms with Crippen molar-refractivity contribution in [1.29, 1.82) is 0 Å². The molecule has 1 aromatic rings. The lowest BCUT2D eigenvalue weighted by Gasteiger charge is -2.11. The zero-order valence-corrected chi connectivity index (χ0v) is 10.1. The van der Waals surface area contributed by atoms with Crippen molar-refractivity contribution in [2.45, 2.75) is 25.9 Å². The number of nitrogens with one attached hydrogen (secondary N) is 1. The molecule has 3 heteroatoms. The Kier molecular flexibility index (Phi) is 3.79. The predicted octanol–water partition coefficient (Wildman–Crippen LogP) is 1.88. The van der Waals surface area contributed by atoms with Gasteiger partial charge in [-0.15, -0.1) is 0 Å². The van der Waals surface area contributed by atoms with Crippen LogP contribution in [0.2, 0.25) is 0 Å². The summed E-state index contributed by atoms with van der Waals surface area (Å²) in [6, 6.07) is 9.53. The van der Waals surface area contributed by atoms with Crippen molar-refractivity contribution in [2.24, 2.45) is 11.8 Å². The number of amides is 1. The second-order valence-corrected chi connectivity index (χ2v) is 4.83. The molecule has 2 N–H and O–H groups in total. The molecule has 0 bridgehead atoms. The van der Waals surface area contributed by atoms with Crippen LogP contribution in [0, 0.1) is 11.8 Å². The van der Waals surface area contributed by atoms with Crippen LogP contribution >= 0.6 is 0 Å². The van der Waals surface area contributed by atoms with Crippen LogP contribution in [0.3, 0.4) is 0 Å². The number of aliphatic hydroxyl groups is 1. The van der Waals surface area contributed by atoms with Crippen LogP contribution in [-0.4, -0.2) is 17.6 Å². The van der Waals surface area contributed by atoms with E-state index in [4.69, 9.17) is 0 Å². The number of benzene rings is 1. The first kappa shape index (κ1) is 12.1. The topological polar surface area (TPSA) is 49.3 Å². The minimum atomic E-state index is -0.492. The number of rotatable bonds is 5. The Morgan fingerprint density at radius 2 is 2.12 bits per heavy atom. The molecule has 0 spiro atoms. The first-order chi connectivity index (χ1) is 8.18. The number of carbonyl (C=O) groups excluding carboxylic acids is 1. The van der Waals surface area contributed by atoms with Gasteiger partial charge in [-0.1, -0.05) is 37.3 Å². The zero-order chi connectivity index (χ0) is 12.3. The molecule has 0 saturated heterocycles. The minimum absolute atomic E-state index is 0.137. The van der Waals surface area contributed by atoms with Gasteiger partial charge in [0.2, 0.25) is 5.91 Å². The molecule has 92 valence electrons. The van der Waals surface area contributed by atoms with Crippen molar-refractivity contribution < 1.29 is 9.90 Å². The second-order valence-electron chi connectivity index (χ2n) is 4.83. The van der Waals surface area contributed by atoms with Gasteiger partial charge in [0, 0.05) is 12.5 Å². The molecule has 3 nitrogen and oxygen atoms in total. The molecule has 1 saturated carbocycles. The lowest BCUT2D eigenvalue weighted by atomic mass is 10.1. The average Bonchev–Trinajstić information content (AvgIpc) is 3.07. The van der Waals surface area contributed by atoms with Crippen LogP contribution in [0.1, 0.15) is 31.4 Å². The summed E-state index contributed by atoms with van der Waals surface area (Å²) < 4.78 is 0. The highest BCUT2D eigenvalue weighted by Gasteiger charge is 2.38. The molecule has 3 unspecified atom stereocenters. The number of aliphatic hydroxyl groups excluding tert-OH is 1. The summed E-state index contributed by atoms with van der Waals surface area (Å²) in [5.41, 5.74) is 0.904. The molecule has 0 radical (unpaired) electrons. The van der Waals surface area contributed by atoms with Crippen LogP contribution in [0.5, 0.6) is 0 Å². The first-order valence-corrected chi connectivity index (χ1v) is 6.19. The summed E-state index contributed by atoms with van der Waals surface area (Å²) in [4.78, 5) is 11.5. The van der Waals surface area contributed by atoms with Crippen molar-refractivity contribution >= 4 is 5.91 Å². The van der Waals surface area contributed by atoms with Gasteiger partial charge in [-0.25, -0.2) is 0 Å². The van der Waals surface area contributed by atoms with E-state index in [2.05, 4.69) is 12.2 Å². The van der Waals surface area contributed by atoms with Crippen molar-refractivity contribution in [1.82, 2.24) is 5.32 Å². The SMILES string of the molecule is CC1CC1C(=O)NCCC(O)c1ccccc1. The quantitative estimate of drug-likeness (QED) is 0.816. The summed E-state index contributed by atoms with van der Waals surface area (Å²) in [6.45, 7) is 2.63. The highest BCUT2D eigenvalue weighted by atomic mass is 16.3. The molecule has 1 fully saturated rings. The maximum Gasteiger partial charge on any atom is 0.223 e. The van der Waals surface area contributed by atoms with E-state index in [0.29, 0.717) is 18.9 Å². The van der Waals surface area contributed by atoms with Crippen molar-refractivity contribution in [3.05, 3.63) is 35.9 Å². The Hall–Kier alpha value is -1.35. The van der Waals surface area contributed by atoms with E-state index in [-0.39, 0.29) is 11.8 Å². The third kappa shape index (κ3) is 3.30. The second kappa shape index (κ2) is 5.32. The first-order valence-electron chi connectivity index (χ1n) is 6.19. The van der Waals surface area contributed by atoms with Gasteiger partial charge in [0.25, 0.3) is 0 Å². The summed E-state index contributed by atoms with van der Waals surface area (Å²) in [7, 11) is 0. The smallest absolute Gasteiger partial charge is 0.223 e. The Morgan fingerprint density at radius 1 is 1.47 bits per heavy atom. The standard InChI is InChI=1S/C14H19NO2/c1-10-9-12(10)14(17)15-8-7-13(16)11-5-3-2-4-6-11/h2-6,10,12-13,16H,7-9H2,1H3,(H,15,17). The highest BCUT2D eigenvalue weighted by molar-refractivity contribution is 5.81. The highest BCUT2D eigenvalue weighted by Crippen LogP contribution is 2.37. The molecule has 1 aliphatic carbocycles. The van der Waals surface area contributed by atoms with Crippen LogP contribution in [0.15, 0.2) is 30.3 Å². The van der Waals surface area contributed by atoms with E-state index >= 15 is 0 Å². The summed E-state index contributed by atoms with van der Waals surface area (Å²) in [6.07, 6.45) is 1.08. The largest absolute Gasteiger partial charge is 0.388 e. The van der Waals surface area contributed by atoms with Crippen LogP contribution < -0.4 is 5.32 Å². The molecule has 2 rings (SSSR count). The van der Waals surface area contributed by atoms with Gasteiger partial charge in [0.15, 0.2) is 0 Å². The normalized spacial score (nSPS) is 24.1. The van der Waals surface area contributed by atoms with Crippen LogP contribution in [0.25, 0.3) is 0 Å². The van der Waals surface area contributed by atoms with Crippen LogP contribution in [-0.2, 0) is 4.79 Å². The summed E-state index contributed by atoms with van der Waals surface area (Å²) in [5, 5.41) is 12.8. The molecule has 0 aliphatic heterocycles. The van der Waals surface area contributed by atoms with E-state index < -0.39 is 6.10 Å². The molecule has 0 aromatic heterocycles. The van der Waals surface area contributed by atoms with Gasteiger partial charge < -0.3 is 10.4 Å². The van der Waals surface area contributed by atoms with E-state index in [9.17, 15) is 9.90 Å². The van der Waals surface area contributed by atoms with E-state index in [1.165, 1.54) is 0 Å². The molecule has 1 aliphatic rings. The van der Waals surface area contributed by atoms with Gasteiger partial charge in [0.05, 0.1) is 6.10 Å². The van der Waals surface area contributed by atoms with Crippen molar-refractivity contribution in [2.75, 3.05) is 6.54 Å². The number of hydrogen-bond donors (Lipinski definition) is 2. The fourth-order valence-electron chi connectivity index (χ4n) is 1.99. The van der Waals surface area contributed by atoms with E-state index in [0.717, 1.165) is 12.0 Å². The third-order valence-electron chi connectivity index (χ3n) is 3.35. The van der Waals surface area contributed by atoms with E-state index in [1.807, 2.05) is 30.3 Å². The lowest BCUT2D eigenvalue weighted by molar-refractivity contribution is -0.122. The average molecular weight is 233 g/mol. The predicted molar refractivity (Wildman–Crippen MR) is 66.3 cm³/mol. The summed E-state index contributed by atoms with van der Waals surface area (Å²) >= 11 is 0. The van der Waals surface area contributed by atoms with Crippen molar-refractivity contribution in [3.8, 4) is 0 Å².